The minimum atomic E-state index is -1.13. The number of aliphatic carboxylic acids is 2. The fourth-order valence-electron chi connectivity index (χ4n) is 4.46. The van der Waals surface area contributed by atoms with E-state index in [2.05, 4.69) is 15.6 Å². The quantitative estimate of drug-likeness (QED) is 0.233. The number of H-pyrrole nitrogens is 1. The average Bonchev–Trinajstić information content (AvgIpc) is 3.48. The second-order valence-electron chi connectivity index (χ2n) is 9.53. The molecular formula is C25H36N4O7. The van der Waals surface area contributed by atoms with Crippen molar-refractivity contribution in [2.75, 3.05) is 19.7 Å². The first-order valence-corrected chi connectivity index (χ1v) is 12.2. The Labute approximate surface area is 209 Å². The molecule has 2 unspecified atom stereocenters. The maximum atomic E-state index is 12.9. The van der Waals surface area contributed by atoms with Gasteiger partial charge in [0.05, 0.1) is 6.04 Å². The van der Waals surface area contributed by atoms with E-state index in [1.807, 2.05) is 19.9 Å². The lowest BCUT2D eigenvalue weighted by Crippen LogP contribution is -2.53. The van der Waals surface area contributed by atoms with Crippen molar-refractivity contribution in [2.24, 2.45) is 0 Å². The lowest BCUT2D eigenvalue weighted by molar-refractivity contribution is -0.149. The maximum absolute atomic E-state index is 12.9. The number of ether oxygens (including phenoxy) is 1. The van der Waals surface area contributed by atoms with Gasteiger partial charge in [0.25, 0.3) is 0 Å². The van der Waals surface area contributed by atoms with Gasteiger partial charge in [-0.05, 0) is 37.5 Å². The second kappa shape index (κ2) is 12.2. The number of carboxylic acids is 2. The molecule has 3 rings (SSSR count). The third-order valence-corrected chi connectivity index (χ3v) is 6.31. The van der Waals surface area contributed by atoms with E-state index in [0.717, 1.165) is 5.52 Å². The number of aromatic amines is 1. The number of aromatic nitrogens is 1. The van der Waals surface area contributed by atoms with Crippen molar-refractivity contribution in [3.05, 3.63) is 30.0 Å². The van der Waals surface area contributed by atoms with Gasteiger partial charge in [0.15, 0.2) is 0 Å². The van der Waals surface area contributed by atoms with Gasteiger partial charge in [-0.3, -0.25) is 14.9 Å². The third-order valence-electron chi connectivity index (χ3n) is 6.31. The minimum absolute atomic E-state index is 0.0626. The smallest absolute Gasteiger partial charge is 0.326 e. The van der Waals surface area contributed by atoms with Crippen molar-refractivity contribution in [1.29, 1.82) is 0 Å². The minimum Gasteiger partial charge on any atom is -0.490 e. The number of carboxylic acid groups (broad SMARTS) is 2. The lowest BCUT2D eigenvalue weighted by Gasteiger charge is -2.27. The summed E-state index contributed by atoms with van der Waals surface area (Å²) in [5, 5.41) is 36.2. The number of benzene rings is 1. The molecule has 2 aromatic rings. The summed E-state index contributed by atoms with van der Waals surface area (Å²) in [4.78, 5) is 40.8. The van der Waals surface area contributed by atoms with Crippen LogP contribution >= 0.6 is 0 Å². The van der Waals surface area contributed by atoms with Crippen LogP contribution < -0.4 is 15.4 Å². The number of carbonyl (C=O) groups excluding carboxylic acids is 1. The number of nitrogens with zero attached hydrogens (tertiary/aromatic N) is 1. The number of aliphatic hydroxyl groups is 1. The predicted molar refractivity (Wildman–Crippen MR) is 133 cm³/mol. The molecule has 6 N–H and O–H groups in total. The van der Waals surface area contributed by atoms with Crippen LogP contribution in [0.5, 0.6) is 5.75 Å². The summed E-state index contributed by atoms with van der Waals surface area (Å²) in [7, 11) is 0. The molecule has 198 valence electrons. The van der Waals surface area contributed by atoms with Gasteiger partial charge in [0.2, 0.25) is 5.91 Å². The zero-order chi connectivity index (χ0) is 26.4. The Balaban J connectivity index is 1.72. The van der Waals surface area contributed by atoms with E-state index in [4.69, 9.17) is 4.74 Å². The summed E-state index contributed by atoms with van der Waals surface area (Å²) >= 11 is 0. The van der Waals surface area contributed by atoms with Crippen LogP contribution in [0.4, 0.5) is 0 Å². The number of carbonyl (C=O) groups is 3. The number of rotatable bonds is 13. The Morgan fingerprint density at radius 1 is 1.22 bits per heavy atom. The van der Waals surface area contributed by atoms with E-state index in [-0.39, 0.29) is 19.1 Å². The third kappa shape index (κ3) is 6.74. The molecule has 11 nitrogen and oxygen atoms in total. The van der Waals surface area contributed by atoms with Crippen molar-refractivity contribution in [2.45, 2.75) is 70.3 Å². The fraction of sp³-hybridized carbons (Fsp3) is 0.560. The maximum Gasteiger partial charge on any atom is 0.326 e. The molecule has 0 saturated carbocycles. The number of hydrogen-bond donors (Lipinski definition) is 6. The molecular weight excluding hydrogens is 468 g/mol. The van der Waals surface area contributed by atoms with Crippen LogP contribution in [0, 0.1) is 0 Å². The van der Waals surface area contributed by atoms with Crippen LogP contribution in [0.25, 0.3) is 10.9 Å². The monoisotopic (exact) mass is 504 g/mol. The molecule has 0 aliphatic carbocycles. The Hall–Kier alpha value is -3.15. The van der Waals surface area contributed by atoms with Gasteiger partial charge in [-0.2, -0.15) is 0 Å². The SMILES string of the molecule is CC(C)NCC(O)COc1cccc2[nH]cc(CC(N[C@@H](C)C(=O)N3CCC[C@H]3C(=O)O)C(=O)O)c12. The molecule has 1 aromatic carbocycles. The van der Waals surface area contributed by atoms with Gasteiger partial charge in [-0.25, -0.2) is 4.79 Å². The van der Waals surface area contributed by atoms with E-state index in [1.165, 1.54) is 4.90 Å². The fourth-order valence-corrected chi connectivity index (χ4v) is 4.46. The number of nitrogens with one attached hydrogen (secondary N) is 3. The first kappa shape index (κ1) is 27.4. The largest absolute Gasteiger partial charge is 0.490 e. The molecule has 1 saturated heterocycles. The van der Waals surface area contributed by atoms with Gasteiger partial charge in [-0.15, -0.1) is 0 Å². The van der Waals surface area contributed by atoms with Crippen molar-refractivity contribution >= 4 is 28.7 Å². The van der Waals surface area contributed by atoms with Crippen LogP contribution in [0.1, 0.15) is 39.2 Å². The van der Waals surface area contributed by atoms with E-state index in [0.29, 0.717) is 42.6 Å². The molecule has 1 aliphatic rings. The molecule has 0 spiro atoms. The van der Waals surface area contributed by atoms with Crippen molar-refractivity contribution in [1.82, 2.24) is 20.5 Å². The second-order valence-corrected chi connectivity index (χ2v) is 9.53. The molecule has 1 fully saturated rings. The average molecular weight is 505 g/mol. The molecule has 11 heteroatoms. The summed E-state index contributed by atoms with van der Waals surface area (Å²) in [6, 6.07) is 2.78. The summed E-state index contributed by atoms with van der Waals surface area (Å²) in [5.41, 5.74) is 1.44. The van der Waals surface area contributed by atoms with Crippen LogP contribution in [0.3, 0.4) is 0 Å². The highest BCUT2D eigenvalue weighted by Gasteiger charge is 2.37. The van der Waals surface area contributed by atoms with Gasteiger partial charge >= 0.3 is 11.9 Å². The summed E-state index contributed by atoms with van der Waals surface area (Å²) in [6.07, 6.45) is 2.03. The number of likely N-dealkylation sites (tertiary alicyclic amines) is 1. The van der Waals surface area contributed by atoms with E-state index in [1.54, 1.807) is 25.3 Å². The van der Waals surface area contributed by atoms with Crippen LogP contribution in [0.2, 0.25) is 0 Å². The Morgan fingerprint density at radius 3 is 2.64 bits per heavy atom. The molecule has 1 aliphatic heterocycles. The zero-order valence-corrected chi connectivity index (χ0v) is 20.9. The Bertz CT molecular complexity index is 1070. The van der Waals surface area contributed by atoms with Crippen LogP contribution in [-0.2, 0) is 20.8 Å². The molecule has 2 heterocycles. The topological polar surface area (TPSA) is 164 Å². The van der Waals surface area contributed by atoms with Crippen molar-refractivity contribution in [3.8, 4) is 5.75 Å². The zero-order valence-electron chi connectivity index (χ0n) is 20.9. The van der Waals surface area contributed by atoms with Crippen LogP contribution in [-0.4, -0.2) is 93.0 Å². The Kier molecular flexibility index (Phi) is 9.30. The predicted octanol–water partition coefficient (Wildman–Crippen LogP) is 0.955. The highest BCUT2D eigenvalue weighted by Crippen LogP contribution is 2.30. The van der Waals surface area contributed by atoms with Gasteiger partial charge in [0, 0.05) is 42.7 Å². The van der Waals surface area contributed by atoms with Gasteiger partial charge in [0.1, 0.15) is 30.5 Å². The number of aliphatic hydroxyl groups excluding tert-OH is 1. The lowest BCUT2D eigenvalue weighted by atomic mass is 10.0. The summed E-state index contributed by atoms with van der Waals surface area (Å²) in [5.74, 6) is -2.10. The highest BCUT2D eigenvalue weighted by atomic mass is 16.5. The Morgan fingerprint density at radius 2 is 1.97 bits per heavy atom. The normalized spacial score (nSPS) is 18.4. The van der Waals surface area contributed by atoms with E-state index < -0.39 is 42.1 Å². The first-order chi connectivity index (χ1) is 17.1. The van der Waals surface area contributed by atoms with E-state index in [9.17, 15) is 29.7 Å². The summed E-state index contributed by atoms with van der Waals surface area (Å²) < 4.78 is 5.88. The molecule has 1 amide bonds. The number of amides is 1. The molecule has 0 radical (unpaired) electrons. The van der Waals surface area contributed by atoms with Gasteiger partial charge < -0.3 is 35.3 Å². The molecule has 0 bridgehead atoms. The molecule has 36 heavy (non-hydrogen) atoms. The van der Waals surface area contributed by atoms with E-state index >= 15 is 0 Å². The van der Waals surface area contributed by atoms with Crippen molar-refractivity contribution in [3.63, 3.8) is 0 Å². The summed E-state index contributed by atoms with van der Waals surface area (Å²) in [6.45, 7) is 6.29. The standard InChI is InChI=1S/C25H36N4O7/c1-14(2)26-12-17(30)13-36-21-8-4-6-18-22(21)16(11-27-18)10-19(24(32)33)28-15(3)23(31)29-9-5-7-20(29)25(34)35/h4,6,8,11,14-15,17,19-20,26-28,30H,5,7,9-10,12-13H2,1-3H3,(H,32,33)(H,34,35)/t15-,17?,19?,20-/m0/s1. The molecule has 1 aromatic heterocycles. The number of hydrogen-bond acceptors (Lipinski definition) is 7. The van der Waals surface area contributed by atoms with Crippen LogP contribution in [0.15, 0.2) is 24.4 Å². The highest BCUT2D eigenvalue weighted by molar-refractivity contribution is 5.90. The van der Waals surface area contributed by atoms with Gasteiger partial charge in [-0.1, -0.05) is 19.9 Å². The number of fused-ring (bicyclic) bond motifs is 1. The first-order valence-electron chi connectivity index (χ1n) is 12.2. The molecule has 4 atom stereocenters. The van der Waals surface area contributed by atoms with Crippen molar-refractivity contribution < 1.29 is 34.4 Å².